The minimum atomic E-state index is -4.43. The molecule has 0 aliphatic rings. The van der Waals surface area contributed by atoms with Crippen LogP contribution in [0.4, 0.5) is 17.6 Å². The van der Waals surface area contributed by atoms with Crippen molar-refractivity contribution in [1.82, 2.24) is 4.57 Å². The Kier molecular flexibility index (Phi) is 4.31. The third-order valence-electron chi connectivity index (χ3n) is 4.09. The van der Waals surface area contributed by atoms with Gasteiger partial charge in [0.25, 0.3) is 0 Å². The van der Waals surface area contributed by atoms with Gasteiger partial charge in [-0.2, -0.15) is 13.2 Å². The molecular weight excluding hydrogens is 348 g/mol. The van der Waals surface area contributed by atoms with E-state index in [1.54, 1.807) is 22.9 Å². The zero-order chi connectivity index (χ0) is 19.1. The van der Waals surface area contributed by atoms with Gasteiger partial charge in [-0.25, -0.2) is 4.39 Å². The minimum absolute atomic E-state index is 0.00168. The smallest absolute Gasteiger partial charge is 0.366 e. The molecule has 0 atom stereocenters. The summed E-state index contributed by atoms with van der Waals surface area (Å²) in [5, 5.41) is 0.621. The van der Waals surface area contributed by atoms with Crippen LogP contribution < -0.4 is 5.73 Å². The standard InChI is InChI=1S/C19H14F4N2O/c1-11(18(24)26)15-8-13-5-6-25(17(13)9-16(15)20)10-12-3-2-4-14(7-12)19(21,22)23/h2-9H,1,10H2,(H2,24,26). The third-order valence-corrected chi connectivity index (χ3v) is 4.09. The maximum Gasteiger partial charge on any atom is 0.416 e. The van der Waals surface area contributed by atoms with E-state index in [0.29, 0.717) is 16.5 Å². The average molecular weight is 362 g/mol. The molecule has 0 saturated carbocycles. The van der Waals surface area contributed by atoms with Crippen molar-refractivity contribution in [3.05, 3.63) is 77.7 Å². The van der Waals surface area contributed by atoms with Gasteiger partial charge < -0.3 is 10.3 Å². The molecule has 3 aromatic rings. The molecule has 0 bridgehead atoms. The molecule has 0 spiro atoms. The SMILES string of the molecule is C=C(C(N)=O)c1cc2ccn(Cc3cccc(C(F)(F)F)c3)c2cc1F. The van der Waals surface area contributed by atoms with Crippen LogP contribution in [-0.4, -0.2) is 10.5 Å². The van der Waals surface area contributed by atoms with Crippen LogP contribution in [0, 0.1) is 5.82 Å². The number of primary amides is 1. The topological polar surface area (TPSA) is 48.0 Å². The summed E-state index contributed by atoms with van der Waals surface area (Å²) in [6.45, 7) is 3.61. The van der Waals surface area contributed by atoms with Gasteiger partial charge >= 0.3 is 6.18 Å². The van der Waals surface area contributed by atoms with Crippen LogP contribution in [0.1, 0.15) is 16.7 Å². The van der Waals surface area contributed by atoms with E-state index in [4.69, 9.17) is 5.73 Å². The van der Waals surface area contributed by atoms with Gasteiger partial charge in [0.15, 0.2) is 0 Å². The van der Waals surface area contributed by atoms with Crippen molar-refractivity contribution in [1.29, 1.82) is 0 Å². The van der Waals surface area contributed by atoms with Crippen LogP contribution in [0.5, 0.6) is 0 Å². The predicted octanol–water partition coefficient (Wildman–Crippen LogP) is 4.35. The van der Waals surface area contributed by atoms with Crippen LogP contribution in [-0.2, 0) is 17.5 Å². The second-order valence-corrected chi connectivity index (χ2v) is 5.88. The first-order valence-corrected chi connectivity index (χ1v) is 7.60. The molecule has 134 valence electrons. The number of rotatable bonds is 4. The number of carbonyl (C=O) groups is 1. The third kappa shape index (κ3) is 3.33. The van der Waals surface area contributed by atoms with Crippen molar-refractivity contribution < 1.29 is 22.4 Å². The number of fused-ring (bicyclic) bond motifs is 1. The summed E-state index contributed by atoms with van der Waals surface area (Å²) >= 11 is 0. The van der Waals surface area contributed by atoms with E-state index >= 15 is 0 Å². The van der Waals surface area contributed by atoms with E-state index in [0.717, 1.165) is 12.1 Å². The fourth-order valence-corrected chi connectivity index (χ4v) is 2.76. The fraction of sp³-hybridized carbons (Fsp3) is 0.105. The highest BCUT2D eigenvalue weighted by atomic mass is 19.4. The van der Waals surface area contributed by atoms with E-state index < -0.39 is 23.5 Å². The van der Waals surface area contributed by atoms with Gasteiger partial charge in [0.1, 0.15) is 5.82 Å². The first kappa shape index (κ1) is 17.7. The summed E-state index contributed by atoms with van der Waals surface area (Å²) in [4.78, 5) is 11.2. The molecule has 26 heavy (non-hydrogen) atoms. The van der Waals surface area contributed by atoms with Gasteiger partial charge in [-0.3, -0.25) is 4.79 Å². The van der Waals surface area contributed by atoms with E-state index in [1.165, 1.54) is 18.2 Å². The highest BCUT2D eigenvalue weighted by molar-refractivity contribution is 6.18. The quantitative estimate of drug-likeness (QED) is 0.545. The zero-order valence-corrected chi connectivity index (χ0v) is 13.5. The van der Waals surface area contributed by atoms with E-state index in [1.807, 2.05) is 0 Å². The number of hydrogen-bond donors (Lipinski definition) is 1. The second kappa shape index (κ2) is 6.33. The lowest BCUT2D eigenvalue weighted by Crippen LogP contribution is -2.13. The lowest BCUT2D eigenvalue weighted by atomic mass is 10.0. The monoisotopic (exact) mass is 362 g/mol. The molecule has 2 aromatic carbocycles. The summed E-state index contributed by atoms with van der Waals surface area (Å²) in [5.74, 6) is -1.50. The molecule has 0 unspecified atom stereocenters. The van der Waals surface area contributed by atoms with Crippen molar-refractivity contribution in [3.8, 4) is 0 Å². The molecule has 0 radical (unpaired) electrons. The van der Waals surface area contributed by atoms with Gasteiger partial charge in [-0.05, 0) is 35.9 Å². The molecule has 0 saturated heterocycles. The molecule has 1 amide bonds. The Balaban J connectivity index is 1.99. The summed E-state index contributed by atoms with van der Waals surface area (Å²) in [7, 11) is 0. The first-order chi connectivity index (χ1) is 12.2. The Morgan fingerprint density at radius 2 is 1.88 bits per heavy atom. The van der Waals surface area contributed by atoms with Gasteiger partial charge in [-0.15, -0.1) is 0 Å². The van der Waals surface area contributed by atoms with E-state index in [-0.39, 0.29) is 17.7 Å². The van der Waals surface area contributed by atoms with Gasteiger partial charge in [0.2, 0.25) is 5.91 Å². The molecule has 1 aromatic heterocycles. The van der Waals surface area contributed by atoms with Crippen LogP contribution in [0.25, 0.3) is 16.5 Å². The average Bonchev–Trinajstić information content (AvgIpc) is 2.94. The maximum atomic E-state index is 14.3. The highest BCUT2D eigenvalue weighted by Gasteiger charge is 2.30. The summed E-state index contributed by atoms with van der Waals surface area (Å²) in [6, 6.07) is 9.30. The fourth-order valence-electron chi connectivity index (χ4n) is 2.76. The van der Waals surface area contributed by atoms with E-state index in [9.17, 15) is 22.4 Å². The summed E-state index contributed by atoms with van der Waals surface area (Å²) in [5.41, 5.74) is 5.18. The number of aromatic nitrogens is 1. The lowest BCUT2D eigenvalue weighted by Gasteiger charge is -2.11. The van der Waals surface area contributed by atoms with Crippen LogP contribution in [0.15, 0.2) is 55.2 Å². The molecular formula is C19H14F4N2O. The van der Waals surface area contributed by atoms with E-state index in [2.05, 4.69) is 6.58 Å². The van der Waals surface area contributed by atoms with Crippen LogP contribution >= 0.6 is 0 Å². The second-order valence-electron chi connectivity index (χ2n) is 5.88. The number of alkyl halides is 3. The molecule has 1 heterocycles. The molecule has 3 nitrogen and oxygen atoms in total. The van der Waals surface area contributed by atoms with Crippen LogP contribution in [0.3, 0.4) is 0 Å². The summed E-state index contributed by atoms with van der Waals surface area (Å²) < 4.78 is 54.5. The van der Waals surface area contributed by atoms with Crippen molar-refractivity contribution in [2.24, 2.45) is 5.73 Å². The normalized spacial score (nSPS) is 11.7. The molecule has 3 rings (SSSR count). The first-order valence-electron chi connectivity index (χ1n) is 7.60. The Labute approximate surface area is 146 Å². The number of hydrogen-bond acceptors (Lipinski definition) is 1. The van der Waals surface area contributed by atoms with Gasteiger partial charge in [-0.1, -0.05) is 18.7 Å². The zero-order valence-electron chi connectivity index (χ0n) is 13.5. The van der Waals surface area contributed by atoms with Gasteiger partial charge in [0.05, 0.1) is 11.1 Å². The maximum absolute atomic E-state index is 14.3. The van der Waals surface area contributed by atoms with Crippen LogP contribution in [0.2, 0.25) is 0 Å². The number of nitrogens with zero attached hydrogens (tertiary/aromatic N) is 1. The number of carbonyl (C=O) groups excluding carboxylic acids is 1. The molecule has 0 aliphatic heterocycles. The van der Waals surface area contributed by atoms with Gasteiger partial charge in [0, 0.05) is 29.3 Å². The Morgan fingerprint density at radius 3 is 2.54 bits per heavy atom. The number of halogens is 4. The lowest BCUT2D eigenvalue weighted by molar-refractivity contribution is -0.137. The molecule has 0 fully saturated rings. The van der Waals surface area contributed by atoms with Crippen molar-refractivity contribution in [3.63, 3.8) is 0 Å². The molecule has 0 aliphatic carbocycles. The largest absolute Gasteiger partial charge is 0.416 e. The van der Waals surface area contributed by atoms with Crippen molar-refractivity contribution >= 4 is 22.4 Å². The Hall–Kier alpha value is -3.09. The predicted molar refractivity (Wildman–Crippen MR) is 90.7 cm³/mol. The van der Waals surface area contributed by atoms with Crippen molar-refractivity contribution in [2.75, 3.05) is 0 Å². The number of nitrogens with two attached hydrogens (primary N) is 1. The Bertz CT molecular complexity index is 1020. The minimum Gasteiger partial charge on any atom is -0.366 e. The number of amides is 1. The Morgan fingerprint density at radius 1 is 1.15 bits per heavy atom. The van der Waals surface area contributed by atoms with Crippen molar-refractivity contribution in [2.45, 2.75) is 12.7 Å². The molecule has 7 heteroatoms. The molecule has 2 N–H and O–H groups in total. The summed E-state index contributed by atoms with van der Waals surface area (Å²) in [6.07, 6.45) is -2.79. The highest BCUT2D eigenvalue weighted by Crippen LogP contribution is 2.30. The number of benzene rings is 2.